The molecule has 2 aromatic carbocycles. The molecule has 0 spiro atoms. The first-order valence-electron chi connectivity index (χ1n) is 9.01. The minimum Gasteiger partial charge on any atom is -0.466 e. The molecule has 4 rings (SSSR count). The number of nitrogens with zero attached hydrogens (tertiary/aromatic N) is 2. The van der Waals surface area contributed by atoms with E-state index in [2.05, 4.69) is 4.99 Å². The number of hydrogen-bond donors (Lipinski definition) is 0. The number of esters is 1. The summed E-state index contributed by atoms with van der Waals surface area (Å²) in [5.74, 6) is -1.41. The lowest BCUT2D eigenvalue weighted by Crippen LogP contribution is -2.39. The molecular weight excluding hydrogens is 410 g/mol. The maximum absolute atomic E-state index is 13.5. The summed E-state index contributed by atoms with van der Waals surface area (Å²) in [5, 5.41) is 0. The van der Waals surface area contributed by atoms with Crippen molar-refractivity contribution in [1.29, 1.82) is 0 Å². The van der Waals surface area contributed by atoms with Crippen molar-refractivity contribution < 1.29 is 18.3 Å². The first kappa shape index (κ1) is 19.9. The highest BCUT2D eigenvalue weighted by molar-refractivity contribution is 7.07. The predicted octanol–water partition coefficient (Wildman–Crippen LogP) is 2.69. The molecule has 1 aromatic heterocycles. The Kier molecular flexibility index (Phi) is 5.17. The second kappa shape index (κ2) is 7.79. The van der Waals surface area contributed by atoms with Crippen LogP contribution in [-0.2, 0) is 9.53 Å². The molecule has 2 heterocycles. The number of aromatic nitrogens is 1. The van der Waals surface area contributed by atoms with Gasteiger partial charge in [-0.25, -0.2) is 18.6 Å². The molecule has 0 saturated heterocycles. The number of carbonyl (C=O) groups is 1. The summed E-state index contributed by atoms with van der Waals surface area (Å²) in [6.07, 6.45) is 1.64. The Morgan fingerprint density at radius 1 is 1.10 bits per heavy atom. The number of fused-ring (bicyclic) bond motifs is 1. The van der Waals surface area contributed by atoms with Gasteiger partial charge in [-0.3, -0.25) is 9.36 Å². The van der Waals surface area contributed by atoms with Gasteiger partial charge in [0, 0.05) is 0 Å². The number of rotatable bonds is 3. The lowest BCUT2D eigenvalue weighted by molar-refractivity contribution is -0.136. The number of thiazole rings is 1. The smallest absolute Gasteiger partial charge is 0.338 e. The highest BCUT2D eigenvalue weighted by atomic mass is 32.1. The van der Waals surface area contributed by atoms with E-state index >= 15 is 0 Å². The molecule has 1 aliphatic heterocycles. The number of allylic oxidation sites excluding steroid dienone is 1. The Bertz CT molecular complexity index is 1340. The van der Waals surface area contributed by atoms with E-state index < -0.39 is 17.8 Å². The quantitative estimate of drug-likeness (QED) is 0.605. The normalized spacial score (nSPS) is 16.3. The standard InChI is InChI=1S/C22H16F2N2O3S/c1-12-18(21(28)29-2)19(14-5-9-16(24)10-6-14)26-20(27)17(30-22(26)25-12)11-13-3-7-15(23)8-4-13/h3-11,19H,1-2H3/t19-/m1/s1. The monoisotopic (exact) mass is 426 g/mol. The zero-order valence-corrected chi connectivity index (χ0v) is 16.9. The molecular formula is C22H16F2N2O3S. The summed E-state index contributed by atoms with van der Waals surface area (Å²) in [6, 6.07) is 10.5. The van der Waals surface area contributed by atoms with E-state index in [-0.39, 0.29) is 16.9 Å². The summed E-state index contributed by atoms with van der Waals surface area (Å²) in [5.41, 5.74) is 1.49. The molecule has 8 heteroatoms. The third-order valence-electron chi connectivity index (χ3n) is 4.78. The molecule has 1 aliphatic rings. The zero-order valence-electron chi connectivity index (χ0n) is 16.1. The minimum atomic E-state index is -0.801. The Morgan fingerprint density at radius 2 is 1.70 bits per heavy atom. The number of halogens is 2. The van der Waals surface area contributed by atoms with Crippen LogP contribution < -0.4 is 14.9 Å². The number of methoxy groups -OCH3 is 1. The molecule has 0 amide bonds. The summed E-state index contributed by atoms with van der Waals surface area (Å²) in [6.45, 7) is 1.67. The van der Waals surface area contributed by atoms with E-state index in [1.54, 1.807) is 25.1 Å². The van der Waals surface area contributed by atoms with Gasteiger partial charge in [0.15, 0.2) is 4.80 Å². The van der Waals surface area contributed by atoms with Gasteiger partial charge in [-0.05, 0) is 48.4 Å². The molecule has 3 aromatic rings. The molecule has 0 N–H and O–H groups in total. The molecule has 0 radical (unpaired) electrons. The Morgan fingerprint density at radius 3 is 2.30 bits per heavy atom. The van der Waals surface area contributed by atoms with Crippen LogP contribution in [0, 0.1) is 11.6 Å². The van der Waals surface area contributed by atoms with Gasteiger partial charge in [-0.2, -0.15) is 0 Å². The van der Waals surface area contributed by atoms with E-state index in [0.29, 0.717) is 26.2 Å². The predicted molar refractivity (Wildman–Crippen MR) is 109 cm³/mol. The van der Waals surface area contributed by atoms with Gasteiger partial charge in [0.25, 0.3) is 5.56 Å². The van der Waals surface area contributed by atoms with Crippen LogP contribution in [0.1, 0.15) is 24.1 Å². The third-order valence-corrected chi connectivity index (χ3v) is 5.76. The Hall–Kier alpha value is -3.39. The highest BCUT2D eigenvalue weighted by Crippen LogP contribution is 2.30. The van der Waals surface area contributed by atoms with E-state index in [1.807, 2.05) is 0 Å². The van der Waals surface area contributed by atoms with Crippen LogP contribution >= 0.6 is 11.3 Å². The van der Waals surface area contributed by atoms with Gasteiger partial charge in [0.05, 0.1) is 29.0 Å². The molecule has 0 bridgehead atoms. The van der Waals surface area contributed by atoms with Crippen molar-refractivity contribution in [1.82, 2.24) is 4.57 Å². The largest absolute Gasteiger partial charge is 0.466 e. The maximum Gasteiger partial charge on any atom is 0.338 e. The summed E-state index contributed by atoms with van der Waals surface area (Å²) >= 11 is 1.16. The summed E-state index contributed by atoms with van der Waals surface area (Å²) in [4.78, 5) is 30.6. The first-order valence-corrected chi connectivity index (χ1v) is 9.82. The van der Waals surface area contributed by atoms with Crippen LogP contribution in [0.5, 0.6) is 0 Å². The van der Waals surface area contributed by atoms with Gasteiger partial charge >= 0.3 is 5.97 Å². The van der Waals surface area contributed by atoms with Crippen LogP contribution in [0.15, 0.2) is 69.6 Å². The van der Waals surface area contributed by atoms with Crippen molar-refractivity contribution in [2.45, 2.75) is 13.0 Å². The molecule has 0 aliphatic carbocycles. The number of benzene rings is 2. The molecule has 0 fully saturated rings. The molecule has 152 valence electrons. The van der Waals surface area contributed by atoms with Crippen LogP contribution in [0.3, 0.4) is 0 Å². The minimum absolute atomic E-state index is 0.213. The van der Waals surface area contributed by atoms with Crippen molar-refractivity contribution in [3.63, 3.8) is 0 Å². The average molecular weight is 426 g/mol. The average Bonchev–Trinajstić information content (AvgIpc) is 3.03. The second-order valence-corrected chi connectivity index (χ2v) is 7.69. The number of hydrogen-bond acceptors (Lipinski definition) is 5. The Balaban J connectivity index is 1.96. The fourth-order valence-electron chi connectivity index (χ4n) is 3.36. The second-order valence-electron chi connectivity index (χ2n) is 6.68. The lowest BCUT2D eigenvalue weighted by Gasteiger charge is -2.24. The van der Waals surface area contributed by atoms with Gasteiger partial charge in [-0.15, -0.1) is 0 Å². The molecule has 1 atom stereocenters. The van der Waals surface area contributed by atoms with Crippen molar-refractivity contribution in [2.75, 3.05) is 7.11 Å². The highest BCUT2D eigenvalue weighted by Gasteiger charge is 2.33. The fraction of sp³-hybridized carbons (Fsp3) is 0.136. The molecule has 30 heavy (non-hydrogen) atoms. The molecule has 0 saturated carbocycles. The van der Waals surface area contributed by atoms with E-state index in [4.69, 9.17) is 4.74 Å². The van der Waals surface area contributed by atoms with Crippen LogP contribution in [0.4, 0.5) is 8.78 Å². The lowest BCUT2D eigenvalue weighted by atomic mass is 9.96. The van der Waals surface area contributed by atoms with Crippen molar-refractivity contribution in [3.05, 3.63) is 102 Å². The van der Waals surface area contributed by atoms with Gasteiger partial charge in [0.1, 0.15) is 11.6 Å². The Labute approximate surface area is 173 Å². The fourth-order valence-corrected chi connectivity index (χ4v) is 4.41. The summed E-state index contributed by atoms with van der Waals surface area (Å²) < 4.78 is 33.4. The molecule has 0 unspecified atom stereocenters. The SMILES string of the molecule is COC(=O)C1=C(C)N=c2sc(=Cc3ccc(F)cc3)c(=O)n2[C@@H]1c1ccc(F)cc1. The third kappa shape index (κ3) is 3.50. The van der Waals surface area contributed by atoms with E-state index in [9.17, 15) is 18.4 Å². The van der Waals surface area contributed by atoms with E-state index in [0.717, 1.165) is 11.3 Å². The van der Waals surface area contributed by atoms with Gasteiger partial charge in [-0.1, -0.05) is 35.6 Å². The van der Waals surface area contributed by atoms with Crippen molar-refractivity contribution >= 4 is 23.4 Å². The summed E-state index contributed by atoms with van der Waals surface area (Å²) in [7, 11) is 1.25. The van der Waals surface area contributed by atoms with Crippen molar-refractivity contribution in [2.24, 2.45) is 4.99 Å². The maximum atomic E-state index is 13.5. The molecule has 5 nitrogen and oxygen atoms in total. The topological polar surface area (TPSA) is 60.7 Å². The van der Waals surface area contributed by atoms with Crippen LogP contribution in [0.25, 0.3) is 6.08 Å². The first-order chi connectivity index (χ1) is 14.4. The van der Waals surface area contributed by atoms with E-state index in [1.165, 1.54) is 48.1 Å². The number of ether oxygens (including phenoxy) is 1. The number of carbonyl (C=O) groups excluding carboxylic acids is 1. The van der Waals surface area contributed by atoms with Crippen molar-refractivity contribution in [3.8, 4) is 0 Å². The van der Waals surface area contributed by atoms with Crippen LogP contribution in [0.2, 0.25) is 0 Å². The van der Waals surface area contributed by atoms with Crippen LogP contribution in [-0.4, -0.2) is 17.6 Å². The van der Waals surface area contributed by atoms with Gasteiger partial charge in [0.2, 0.25) is 0 Å². The van der Waals surface area contributed by atoms with Gasteiger partial charge < -0.3 is 4.74 Å². The zero-order chi connectivity index (χ0) is 21.4.